The number of nitrogens with two attached hydrogens (primary N) is 1. The molecule has 0 saturated carbocycles. The van der Waals surface area contributed by atoms with Gasteiger partial charge in [-0.15, -0.1) is 11.3 Å². The molecule has 3 heterocycles. The lowest BCUT2D eigenvalue weighted by Crippen LogP contribution is -1.88. The highest BCUT2D eigenvalue weighted by Gasteiger charge is 2.18. The minimum Gasteiger partial charge on any atom is -0.367 e. The number of thiophene rings is 1. The van der Waals surface area contributed by atoms with Gasteiger partial charge in [0.1, 0.15) is 11.5 Å². The number of pyridine rings is 1. The SMILES string of the molecule is Nc1onc(-c2ccc(F)cn2)c1-c1cccs1. The van der Waals surface area contributed by atoms with Crippen molar-refractivity contribution in [3.05, 3.63) is 41.7 Å². The van der Waals surface area contributed by atoms with E-state index >= 15 is 0 Å². The van der Waals surface area contributed by atoms with Crippen LogP contribution < -0.4 is 5.73 Å². The molecular weight excluding hydrogens is 253 g/mol. The summed E-state index contributed by atoms with van der Waals surface area (Å²) in [5, 5.41) is 5.83. The summed E-state index contributed by atoms with van der Waals surface area (Å²) in [6.45, 7) is 0. The highest BCUT2D eigenvalue weighted by molar-refractivity contribution is 7.13. The molecule has 6 heteroatoms. The Balaban J connectivity index is 2.16. The molecule has 4 nitrogen and oxygen atoms in total. The fourth-order valence-electron chi connectivity index (χ4n) is 1.65. The number of nitrogen functional groups attached to an aromatic ring is 1. The Kier molecular flexibility index (Phi) is 2.56. The number of anilines is 1. The molecule has 0 amide bonds. The van der Waals surface area contributed by atoms with Crippen molar-refractivity contribution in [2.45, 2.75) is 0 Å². The second kappa shape index (κ2) is 4.23. The molecule has 0 aromatic carbocycles. The fraction of sp³-hybridized carbons (Fsp3) is 0. The Hall–Kier alpha value is -2.21. The van der Waals surface area contributed by atoms with E-state index in [9.17, 15) is 4.39 Å². The zero-order chi connectivity index (χ0) is 12.5. The van der Waals surface area contributed by atoms with Gasteiger partial charge in [-0.2, -0.15) is 0 Å². The third kappa shape index (κ3) is 1.76. The molecular formula is C12H8FN3OS. The Labute approximate surface area is 106 Å². The van der Waals surface area contributed by atoms with Gasteiger partial charge in [0.05, 0.1) is 17.5 Å². The molecule has 0 atom stereocenters. The molecule has 0 bridgehead atoms. The second-order valence-electron chi connectivity index (χ2n) is 3.61. The largest absolute Gasteiger partial charge is 0.367 e. The average molecular weight is 261 g/mol. The molecule has 3 aromatic heterocycles. The van der Waals surface area contributed by atoms with Crippen molar-refractivity contribution < 1.29 is 8.91 Å². The summed E-state index contributed by atoms with van der Waals surface area (Å²) >= 11 is 1.52. The van der Waals surface area contributed by atoms with Crippen LogP contribution in [0.3, 0.4) is 0 Å². The maximum atomic E-state index is 12.9. The highest BCUT2D eigenvalue weighted by atomic mass is 32.1. The van der Waals surface area contributed by atoms with Crippen LogP contribution in [0.25, 0.3) is 21.8 Å². The van der Waals surface area contributed by atoms with Gasteiger partial charge in [-0.25, -0.2) is 4.39 Å². The maximum absolute atomic E-state index is 12.9. The van der Waals surface area contributed by atoms with Crippen LogP contribution in [0, 0.1) is 5.82 Å². The van der Waals surface area contributed by atoms with Gasteiger partial charge in [0, 0.05) is 4.88 Å². The summed E-state index contributed by atoms with van der Waals surface area (Å²) in [5.74, 6) is -0.161. The van der Waals surface area contributed by atoms with Crippen molar-refractivity contribution in [2.24, 2.45) is 0 Å². The van der Waals surface area contributed by atoms with Crippen molar-refractivity contribution in [1.82, 2.24) is 10.1 Å². The Morgan fingerprint density at radius 2 is 2.17 bits per heavy atom. The molecule has 2 N–H and O–H groups in total. The first-order valence-electron chi connectivity index (χ1n) is 5.16. The van der Waals surface area contributed by atoms with Crippen LogP contribution >= 0.6 is 11.3 Å². The predicted molar refractivity (Wildman–Crippen MR) is 67.4 cm³/mol. The lowest BCUT2D eigenvalue weighted by atomic mass is 10.1. The zero-order valence-electron chi connectivity index (χ0n) is 9.13. The Bertz CT molecular complexity index is 661. The van der Waals surface area contributed by atoms with Crippen LogP contribution in [0.2, 0.25) is 0 Å². The van der Waals surface area contributed by atoms with Gasteiger partial charge in [-0.1, -0.05) is 11.2 Å². The first-order chi connectivity index (χ1) is 8.75. The molecule has 3 rings (SSSR count). The monoisotopic (exact) mass is 261 g/mol. The third-order valence-corrected chi connectivity index (χ3v) is 3.34. The molecule has 0 fully saturated rings. The Morgan fingerprint density at radius 3 is 2.83 bits per heavy atom. The van der Waals surface area contributed by atoms with Gasteiger partial charge >= 0.3 is 0 Å². The highest BCUT2D eigenvalue weighted by Crippen LogP contribution is 2.37. The number of hydrogen-bond donors (Lipinski definition) is 1. The summed E-state index contributed by atoms with van der Waals surface area (Å²) < 4.78 is 17.9. The first-order valence-corrected chi connectivity index (χ1v) is 6.04. The molecule has 0 spiro atoms. The third-order valence-electron chi connectivity index (χ3n) is 2.46. The van der Waals surface area contributed by atoms with Crippen molar-refractivity contribution in [2.75, 3.05) is 5.73 Å². The summed E-state index contributed by atoms with van der Waals surface area (Å²) in [4.78, 5) is 4.92. The standard InChI is InChI=1S/C12H8FN3OS/c13-7-3-4-8(15-6-7)11-10(12(14)17-16-11)9-2-1-5-18-9/h1-6H,14H2. The predicted octanol–water partition coefficient (Wildman–Crippen LogP) is 3.19. The lowest BCUT2D eigenvalue weighted by Gasteiger charge is -1.99. The smallest absolute Gasteiger partial charge is 0.231 e. The van der Waals surface area contributed by atoms with Gasteiger partial charge in [0.15, 0.2) is 0 Å². The van der Waals surface area contributed by atoms with Crippen LogP contribution in [0.4, 0.5) is 10.3 Å². The molecule has 0 aliphatic heterocycles. The minimum absolute atomic E-state index is 0.235. The van der Waals surface area contributed by atoms with Crippen molar-refractivity contribution in [3.8, 4) is 21.8 Å². The van der Waals surface area contributed by atoms with Gasteiger partial charge in [-0.05, 0) is 23.6 Å². The summed E-state index contributed by atoms with van der Waals surface area (Å²) in [7, 11) is 0. The van der Waals surface area contributed by atoms with Crippen LogP contribution in [-0.4, -0.2) is 10.1 Å². The van der Waals surface area contributed by atoms with Crippen molar-refractivity contribution >= 4 is 17.2 Å². The van der Waals surface area contributed by atoms with Gasteiger partial charge < -0.3 is 10.3 Å². The molecule has 0 saturated heterocycles. The molecule has 0 radical (unpaired) electrons. The van der Waals surface area contributed by atoms with E-state index in [2.05, 4.69) is 10.1 Å². The lowest BCUT2D eigenvalue weighted by molar-refractivity contribution is 0.439. The number of hydrogen-bond acceptors (Lipinski definition) is 5. The van der Waals surface area contributed by atoms with E-state index in [-0.39, 0.29) is 5.88 Å². The van der Waals surface area contributed by atoms with E-state index in [1.165, 1.54) is 17.4 Å². The quantitative estimate of drug-likeness (QED) is 0.769. The molecule has 0 aliphatic rings. The first kappa shape index (κ1) is 10.9. The van der Waals surface area contributed by atoms with Crippen LogP contribution in [-0.2, 0) is 0 Å². The van der Waals surface area contributed by atoms with Crippen molar-refractivity contribution in [3.63, 3.8) is 0 Å². The Morgan fingerprint density at radius 1 is 1.28 bits per heavy atom. The van der Waals surface area contributed by atoms with Gasteiger partial charge in [0.25, 0.3) is 0 Å². The van der Waals surface area contributed by atoms with Gasteiger partial charge in [0.2, 0.25) is 5.88 Å². The number of nitrogens with zero attached hydrogens (tertiary/aromatic N) is 2. The minimum atomic E-state index is -0.395. The molecule has 18 heavy (non-hydrogen) atoms. The number of halogens is 1. The topological polar surface area (TPSA) is 64.9 Å². The number of rotatable bonds is 2. The fourth-order valence-corrected chi connectivity index (χ4v) is 2.43. The van der Waals surface area contributed by atoms with E-state index in [4.69, 9.17) is 10.3 Å². The summed E-state index contributed by atoms with van der Waals surface area (Å²) in [6.07, 6.45) is 1.14. The second-order valence-corrected chi connectivity index (χ2v) is 4.56. The summed E-state index contributed by atoms with van der Waals surface area (Å²) in [6, 6.07) is 6.70. The van der Waals surface area contributed by atoms with E-state index in [1.807, 2.05) is 17.5 Å². The molecule has 0 unspecified atom stereocenters. The summed E-state index contributed by atoms with van der Waals surface area (Å²) in [5.41, 5.74) is 7.52. The van der Waals surface area contributed by atoms with Gasteiger partial charge in [-0.3, -0.25) is 4.98 Å². The number of aromatic nitrogens is 2. The van der Waals surface area contributed by atoms with Crippen molar-refractivity contribution in [1.29, 1.82) is 0 Å². The van der Waals surface area contributed by atoms with Crippen LogP contribution in [0.15, 0.2) is 40.4 Å². The van der Waals surface area contributed by atoms with E-state index in [0.29, 0.717) is 17.0 Å². The molecule has 3 aromatic rings. The average Bonchev–Trinajstić information content (AvgIpc) is 2.99. The van der Waals surface area contributed by atoms with Crippen LogP contribution in [0.1, 0.15) is 0 Å². The molecule has 90 valence electrons. The van der Waals surface area contributed by atoms with Crippen LogP contribution in [0.5, 0.6) is 0 Å². The van der Waals surface area contributed by atoms with E-state index in [0.717, 1.165) is 11.1 Å². The van der Waals surface area contributed by atoms with E-state index < -0.39 is 5.82 Å². The normalized spacial score (nSPS) is 10.7. The molecule has 0 aliphatic carbocycles. The van der Waals surface area contributed by atoms with E-state index in [1.54, 1.807) is 6.07 Å². The zero-order valence-corrected chi connectivity index (χ0v) is 9.95. The maximum Gasteiger partial charge on any atom is 0.231 e.